The van der Waals surface area contributed by atoms with E-state index in [1.165, 1.54) is 5.56 Å². The third-order valence-corrected chi connectivity index (χ3v) is 3.24. The van der Waals surface area contributed by atoms with Crippen LogP contribution in [0.5, 0.6) is 5.75 Å². The molecule has 1 heterocycles. The Bertz CT molecular complexity index is 436. The topological polar surface area (TPSA) is 35.2 Å². The Balaban J connectivity index is 1.95. The number of anilines is 1. The Morgan fingerprint density at radius 3 is 2.88 bits per heavy atom. The lowest BCUT2D eigenvalue weighted by Gasteiger charge is -2.09. The maximum Gasteiger partial charge on any atom is 0.160 e. The molecule has 2 aromatic rings. The molecule has 2 rings (SSSR count). The fourth-order valence-electron chi connectivity index (χ4n) is 1.38. The molecule has 0 amide bonds. The summed E-state index contributed by atoms with van der Waals surface area (Å²) in [4.78, 5) is 0. The van der Waals surface area contributed by atoms with Crippen LogP contribution in [-0.2, 0) is 6.42 Å². The average molecular weight is 254 g/mol. The molecule has 0 aliphatic heterocycles. The van der Waals surface area contributed by atoms with E-state index in [1.807, 2.05) is 6.07 Å². The van der Waals surface area contributed by atoms with Crippen molar-refractivity contribution < 1.29 is 4.74 Å². The zero-order chi connectivity index (χ0) is 11.4. The van der Waals surface area contributed by atoms with Crippen molar-refractivity contribution in [2.24, 2.45) is 0 Å². The Hall–Kier alpha value is -1.19. The van der Waals surface area contributed by atoms with Crippen LogP contribution in [0.4, 0.5) is 5.69 Å². The first-order valence-electron chi connectivity index (χ1n) is 4.95. The molecule has 0 aliphatic carbocycles. The zero-order valence-electron chi connectivity index (χ0n) is 8.65. The van der Waals surface area contributed by atoms with Gasteiger partial charge in [0.15, 0.2) is 5.75 Å². The van der Waals surface area contributed by atoms with Crippen molar-refractivity contribution in [1.29, 1.82) is 0 Å². The van der Waals surface area contributed by atoms with Crippen LogP contribution in [-0.4, -0.2) is 6.61 Å². The number of para-hydroxylation sites is 1. The summed E-state index contributed by atoms with van der Waals surface area (Å²) in [6.07, 6.45) is 0.869. The molecule has 1 aromatic carbocycles. The molecule has 1 aromatic heterocycles. The highest BCUT2D eigenvalue weighted by molar-refractivity contribution is 7.07. The third-order valence-electron chi connectivity index (χ3n) is 2.21. The summed E-state index contributed by atoms with van der Waals surface area (Å²) in [6.45, 7) is 0.588. The minimum Gasteiger partial charge on any atom is -0.490 e. The maximum atomic E-state index is 5.99. The van der Waals surface area contributed by atoms with Gasteiger partial charge in [-0.05, 0) is 34.5 Å². The van der Waals surface area contributed by atoms with Crippen molar-refractivity contribution in [3.8, 4) is 5.75 Å². The second kappa shape index (κ2) is 5.23. The molecule has 0 fully saturated rings. The van der Waals surface area contributed by atoms with Gasteiger partial charge in [-0.15, -0.1) is 0 Å². The largest absolute Gasteiger partial charge is 0.490 e. The van der Waals surface area contributed by atoms with Crippen LogP contribution in [0, 0.1) is 0 Å². The molecule has 0 saturated heterocycles. The zero-order valence-corrected chi connectivity index (χ0v) is 10.2. The molecule has 84 valence electrons. The molecule has 0 spiro atoms. The van der Waals surface area contributed by atoms with Gasteiger partial charge in [-0.25, -0.2) is 0 Å². The fraction of sp³-hybridized carbons (Fsp3) is 0.167. The summed E-state index contributed by atoms with van der Waals surface area (Å²) >= 11 is 7.67. The summed E-state index contributed by atoms with van der Waals surface area (Å²) in [7, 11) is 0. The van der Waals surface area contributed by atoms with Gasteiger partial charge in [-0.1, -0.05) is 17.7 Å². The highest BCUT2D eigenvalue weighted by atomic mass is 35.5. The third kappa shape index (κ3) is 2.68. The molecular weight excluding hydrogens is 242 g/mol. The van der Waals surface area contributed by atoms with E-state index in [9.17, 15) is 0 Å². The molecule has 16 heavy (non-hydrogen) atoms. The van der Waals surface area contributed by atoms with Crippen LogP contribution in [0.2, 0.25) is 5.02 Å². The van der Waals surface area contributed by atoms with E-state index in [0.29, 0.717) is 23.1 Å². The number of nitrogens with two attached hydrogens (primary N) is 1. The van der Waals surface area contributed by atoms with Gasteiger partial charge in [0, 0.05) is 6.42 Å². The summed E-state index contributed by atoms with van der Waals surface area (Å²) in [5.74, 6) is 0.583. The van der Waals surface area contributed by atoms with Gasteiger partial charge >= 0.3 is 0 Å². The van der Waals surface area contributed by atoms with Crippen molar-refractivity contribution in [2.45, 2.75) is 6.42 Å². The molecule has 0 bridgehead atoms. The first-order chi connectivity index (χ1) is 7.77. The summed E-state index contributed by atoms with van der Waals surface area (Å²) in [6, 6.07) is 7.46. The molecule has 2 N–H and O–H groups in total. The van der Waals surface area contributed by atoms with Crippen LogP contribution < -0.4 is 10.5 Å². The van der Waals surface area contributed by atoms with Gasteiger partial charge in [0.25, 0.3) is 0 Å². The number of hydrogen-bond acceptors (Lipinski definition) is 3. The Morgan fingerprint density at radius 2 is 2.19 bits per heavy atom. The van der Waals surface area contributed by atoms with Crippen molar-refractivity contribution in [2.75, 3.05) is 12.3 Å². The lowest BCUT2D eigenvalue weighted by molar-refractivity contribution is 0.324. The minimum absolute atomic E-state index is 0.560. The number of hydrogen-bond donors (Lipinski definition) is 1. The number of nitrogen functional groups attached to an aromatic ring is 1. The lowest BCUT2D eigenvalue weighted by Crippen LogP contribution is -2.03. The predicted octanol–water partition coefficient (Wildman–Crippen LogP) is 3.61. The average Bonchev–Trinajstić information content (AvgIpc) is 2.75. The Kier molecular flexibility index (Phi) is 3.70. The van der Waals surface area contributed by atoms with Crippen LogP contribution >= 0.6 is 22.9 Å². The monoisotopic (exact) mass is 253 g/mol. The van der Waals surface area contributed by atoms with E-state index in [2.05, 4.69) is 16.8 Å². The SMILES string of the molecule is Nc1cccc(Cl)c1OCCc1ccsc1. The van der Waals surface area contributed by atoms with E-state index in [1.54, 1.807) is 23.5 Å². The number of ether oxygens (including phenoxy) is 1. The molecule has 0 radical (unpaired) electrons. The van der Waals surface area contributed by atoms with Crippen molar-refractivity contribution in [3.05, 3.63) is 45.6 Å². The normalized spacial score (nSPS) is 10.3. The first-order valence-corrected chi connectivity index (χ1v) is 6.27. The summed E-state index contributed by atoms with van der Waals surface area (Å²) in [5.41, 5.74) is 7.63. The standard InChI is InChI=1S/C12H12ClNOS/c13-10-2-1-3-11(14)12(10)15-6-4-9-5-7-16-8-9/h1-3,5,7-8H,4,6,14H2. The van der Waals surface area contributed by atoms with Crippen molar-refractivity contribution in [1.82, 2.24) is 0 Å². The lowest BCUT2D eigenvalue weighted by atomic mass is 10.2. The summed E-state index contributed by atoms with van der Waals surface area (Å²) in [5, 5.41) is 4.73. The predicted molar refractivity (Wildman–Crippen MR) is 69.4 cm³/mol. The van der Waals surface area contributed by atoms with Gasteiger partial charge in [0.2, 0.25) is 0 Å². The van der Waals surface area contributed by atoms with E-state index in [0.717, 1.165) is 6.42 Å². The minimum atomic E-state index is 0.560. The van der Waals surface area contributed by atoms with Gasteiger partial charge in [-0.3, -0.25) is 0 Å². The quantitative estimate of drug-likeness (QED) is 0.845. The molecule has 2 nitrogen and oxygen atoms in total. The van der Waals surface area contributed by atoms with Crippen LogP contribution in [0.25, 0.3) is 0 Å². The molecule has 0 unspecified atom stereocenters. The van der Waals surface area contributed by atoms with Crippen LogP contribution in [0.15, 0.2) is 35.0 Å². The van der Waals surface area contributed by atoms with E-state index in [-0.39, 0.29) is 0 Å². The molecular formula is C12H12ClNOS. The Labute approximate surface area is 104 Å². The number of thiophene rings is 1. The molecule has 0 aliphatic rings. The first kappa shape index (κ1) is 11.3. The van der Waals surface area contributed by atoms with Crippen LogP contribution in [0.3, 0.4) is 0 Å². The summed E-state index contributed by atoms with van der Waals surface area (Å²) < 4.78 is 5.59. The second-order valence-electron chi connectivity index (χ2n) is 3.39. The molecule has 0 atom stereocenters. The van der Waals surface area contributed by atoms with Gasteiger partial charge in [-0.2, -0.15) is 11.3 Å². The number of benzene rings is 1. The van der Waals surface area contributed by atoms with E-state index >= 15 is 0 Å². The van der Waals surface area contributed by atoms with Crippen molar-refractivity contribution in [3.63, 3.8) is 0 Å². The van der Waals surface area contributed by atoms with E-state index < -0.39 is 0 Å². The Morgan fingerprint density at radius 1 is 1.31 bits per heavy atom. The van der Waals surface area contributed by atoms with Crippen molar-refractivity contribution >= 4 is 28.6 Å². The number of rotatable bonds is 4. The fourth-order valence-corrected chi connectivity index (χ4v) is 2.32. The highest BCUT2D eigenvalue weighted by Crippen LogP contribution is 2.30. The van der Waals surface area contributed by atoms with Gasteiger partial charge < -0.3 is 10.5 Å². The highest BCUT2D eigenvalue weighted by Gasteiger charge is 2.05. The smallest absolute Gasteiger partial charge is 0.160 e. The van der Waals surface area contributed by atoms with Gasteiger partial charge in [0.1, 0.15) is 0 Å². The van der Waals surface area contributed by atoms with E-state index in [4.69, 9.17) is 22.1 Å². The van der Waals surface area contributed by atoms with Gasteiger partial charge in [0.05, 0.1) is 17.3 Å². The second-order valence-corrected chi connectivity index (χ2v) is 4.58. The molecule has 4 heteroatoms. The molecule has 0 saturated carbocycles. The maximum absolute atomic E-state index is 5.99. The number of halogens is 1. The van der Waals surface area contributed by atoms with Crippen LogP contribution in [0.1, 0.15) is 5.56 Å².